The molecule has 3 heterocycles. The van der Waals surface area contributed by atoms with E-state index in [0.29, 0.717) is 19.7 Å². The first-order valence-electron chi connectivity index (χ1n) is 7.10. The lowest BCUT2D eigenvalue weighted by Crippen LogP contribution is -2.32. The molecule has 0 radical (unpaired) electrons. The minimum absolute atomic E-state index is 0.108. The smallest absolute Gasteiger partial charge is 0.211 e. The SMILES string of the molecule is CS(=O)(=O)N1CC2OCc3c(-c4ccccc4)nnn3C2C1. The first-order chi connectivity index (χ1) is 10.5. The molecule has 7 nitrogen and oxygen atoms in total. The van der Waals surface area contributed by atoms with Gasteiger partial charge in [-0.2, -0.15) is 4.31 Å². The number of ether oxygens (including phenoxy) is 1. The zero-order chi connectivity index (χ0) is 15.3. The maximum Gasteiger partial charge on any atom is 0.211 e. The van der Waals surface area contributed by atoms with Crippen LogP contribution in [-0.2, 0) is 21.4 Å². The summed E-state index contributed by atoms with van der Waals surface area (Å²) in [5, 5.41) is 8.54. The summed E-state index contributed by atoms with van der Waals surface area (Å²) in [5.41, 5.74) is 2.70. The molecule has 2 aliphatic heterocycles. The summed E-state index contributed by atoms with van der Waals surface area (Å²) in [6.07, 6.45) is 1.06. The van der Waals surface area contributed by atoms with E-state index in [0.717, 1.165) is 17.0 Å². The number of rotatable bonds is 2. The Morgan fingerprint density at radius 3 is 2.73 bits per heavy atom. The average molecular weight is 320 g/mol. The highest BCUT2D eigenvalue weighted by Crippen LogP contribution is 2.34. The van der Waals surface area contributed by atoms with E-state index in [1.54, 1.807) is 0 Å². The Balaban J connectivity index is 1.71. The van der Waals surface area contributed by atoms with Gasteiger partial charge in [0.2, 0.25) is 10.0 Å². The van der Waals surface area contributed by atoms with Gasteiger partial charge in [-0.3, -0.25) is 0 Å². The number of fused-ring (bicyclic) bond motifs is 3. The van der Waals surface area contributed by atoms with Gasteiger partial charge in [0.1, 0.15) is 5.69 Å². The van der Waals surface area contributed by atoms with E-state index in [2.05, 4.69) is 10.3 Å². The van der Waals surface area contributed by atoms with Gasteiger partial charge in [0.25, 0.3) is 0 Å². The number of sulfonamides is 1. The molecule has 0 saturated carbocycles. The fourth-order valence-electron chi connectivity index (χ4n) is 3.11. The van der Waals surface area contributed by atoms with E-state index in [-0.39, 0.29) is 12.1 Å². The van der Waals surface area contributed by atoms with Crippen molar-refractivity contribution in [3.63, 3.8) is 0 Å². The van der Waals surface area contributed by atoms with Crippen LogP contribution in [0, 0.1) is 0 Å². The van der Waals surface area contributed by atoms with Crippen molar-refractivity contribution in [3.8, 4) is 11.3 Å². The highest BCUT2D eigenvalue weighted by atomic mass is 32.2. The molecule has 1 aromatic heterocycles. The van der Waals surface area contributed by atoms with Gasteiger partial charge in [0.15, 0.2) is 0 Å². The molecule has 2 atom stereocenters. The molecule has 2 unspecified atom stereocenters. The van der Waals surface area contributed by atoms with E-state index >= 15 is 0 Å². The molecule has 1 aromatic carbocycles. The Kier molecular flexibility index (Phi) is 3.07. The van der Waals surface area contributed by atoms with E-state index in [4.69, 9.17) is 4.74 Å². The van der Waals surface area contributed by atoms with Crippen LogP contribution < -0.4 is 0 Å². The van der Waals surface area contributed by atoms with E-state index in [1.807, 2.05) is 35.0 Å². The van der Waals surface area contributed by atoms with Gasteiger partial charge in [-0.1, -0.05) is 35.5 Å². The average Bonchev–Trinajstić information content (AvgIpc) is 3.11. The molecule has 0 spiro atoms. The third-order valence-electron chi connectivity index (χ3n) is 4.26. The fourth-order valence-corrected chi connectivity index (χ4v) is 3.95. The van der Waals surface area contributed by atoms with Gasteiger partial charge < -0.3 is 4.74 Å². The zero-order valence-corrected chi connectivity index (χ0v) is 12.9. The Morgan fingerprint density at radius 2 is 2.00 bits per heavy atom. The number of aromatic nitrogens is 3. The quantitative estimate of drug-likeness (QED) is 0.812. The molecule has 0 aliphatic carbocycles. The van der Waals surface area contributed by atoms with Gasteiger partial charge in [-0.05, 0) is 0 Å². The third kappa shape index (κ3) is 2.15. The maximum atomic E-state index is 11.7. The minimum atomic E-state index is -3.22. The molecule has 8 heteroatoms. The Bertz CT molecular complexity index is 803. The van der Waals surface area contributed by atoms with Crippen molar-refractivity contribution < 1.29 is 13.2 Å². The maximum absolute atomic E-state index is 11.7. The van der Waals surface area contributed by atoms with Crippen LogP contribution in [-0.4, -0.2) is 53.2 Å². The van der Waals surface area contributed by atoms with Gasteiger partial charge in [-0.25, -0.2) is 13.1 Å². The molecule has 0 N–H and O–H groups in total. The van der Waals surface area contributed by atoms with Crippen molar-refractivity contribution in [1.82, 2.24) is 19.3 Å². The molecule has 4 rings (SSSR count). The predicted molar refractivity (Wildman–Crippen MR) is 79.5 cm³/mol. The molecular formula is C14H16N4O3S. The number of hydrogen-bond acceptors (Lipinski definition) is 5. The molecule has 116 valence electrons. The molecular weight excluding hydrogens is 304 g/mol. The molecule has 2 aromatic rings. The highest BCUT2D eigenvalue weighted by molar-refractivity contribution is 7.88. The van der Waals surface area contributed by atoms with Crippen LogP contribution in [0.3, 0.4) is 0 Å². The summed E-state index contributed by atoms with van der Waals surface area (Å²) in [5.74, 6) is 0. The van der Waals surface area contributed by atoms with E-state index in [9.17, 15) is 8.42 Å². The minimum Gasteiger partial charge on any atom is -0.368 e. The number of hydrogen-bond donors (Lipinski definition) is 0. The summed E-state index contributed by atoms with van der Waals surface area (Å²) in [7, 11) is -3.22. The van der Waals surface area contributed by atoms with Crippen molar-refractivity contribution in [1.29, 1.82) is 0 Å². The van der Waals surface area contributed by atoms with Crippen LogP contribution in [0.4, 0.5) is 0 Å². The van der Waals surface area contributed by atoms with Crippen molar-refractivity contribution in [2.75, 3.05) is 19.3 Å². The van der Waals surface area contributed by atoms with E-state index < -0.39 is 10.0 Å². The van der Waals surface area contributed by atoms with Gasteiger partial charge in [0, 0.05) is 18.7 Å². The van der Waals surface area contributed by atoms with Crippen molar-refractivity contribution >= 4 is 10.0 Å². The molecule has 2 aliphatic rings. The van der Waals surface area contributed by atoms with Crippen LogP contribution >= 0.6 is 0 Å². The van der Waals surface area contributed by atoms with Crippen LogP contribution in [0.15, 0.2) is 30.3 Å². The summed E-state index contributed by atoms with van der Waals surface area (Å²) in [4.78, 5) is 0. The molecule has 1 fully saturated rings. The summed E-state index contributed by atoms with van der Waals surface area (Å²) >= 11 is 0. The second-order valence-corrected chi connectivity index (χ2v) is 7.67. The Hall–Kier alpha value is -1.77. The largest absolute Gasteiger partial charge is 0.368 e. The van der Waals surface area contributed by atoms with Crippen LogP contribution in [0.2, 0.25) is 0 Å². The van der Waals surface area contributed by atoms with E-state index in [1.165, 1.54) is 10.6 Å². The summed E-state index contributed by atoms with van der Waals surface area (Å²) < 4.78 is 32.6. The molecule has 0 bridgehead atoms. The van der Waals surface area contributed by atoms with Crippen LogP contribution in [0.25, 0.3) is 11.3 Å². The van der Waals surface area contributed by atoms with Crippen molar-refractivity contribution in [2.45, 2.75) is 18.8 Å². The summed E-state index contributed by atoms with van der Waals surface area (Å²) in [6.45, 7) is 1.16. The second kappa shape index (κ2) is 4.87. The van der Waals surface area contributed by atoms with Crippen molar-refractivity contribution in [2.24, 2.45) is 0 Å². The molecule has 22 heavy (non-hydrogen) atoms. The Morgan fingerprint density at radius 1 is 1.23 bits per heavy atom. The lowest BCUT2D eigenvalue weighted by molar-refractivity contribution is -0.00361. The van der Waals surface area contributed by atoms with Gasteiger partial charge in [-0.15, -0.1) is 5.10 Å². The molecule has 0 amide bonds. The number of benzene rings is 1. The zero-order valence-electron chi connectivity index (χ0n) is 12.1. The van der Waals surface area contributed by atoms with Crippen LogP contribution in [0.5, 0.6) is 0 Å². The fraction of sp³-hybridized carbons (Fsp3) is 0.429. The monoisotopic (exact) mass is 320 g/mol. The lowest BCUT2D eigenvalue weighted by Gasteiger charge is -2.26. The first-order valence-corrected chi connectivity index (χ1v) is 8.95. The lowest BCUT2D eigenvalue weighted by atomic mass is 10.1. The standard InChI is InChI=1S/C14H16N4O3S/c1-22(19,20)17-7-11-13(8-17)21-9-12-14(15-16-18(11)12)10-5-3-2-4-6-10/h2-6,11,13H,7-9H2,1H3. The van der Waals surface area contributed by atoms with Gasteiger partial charge >= 0.3 is 0 Å². The predicted octanol–water partition coefficient (Wildman–Crippen LogP) is 0.660. The van der Waals surface area contributed by atoms with Crippen molar-refractivity contribution in [3.05, 3.63) is 36.0 Å². The molecule has 1 saturated heterocycles. The third-order valence-corrected chi connectivity index (χ3v) is 5.50. The summed E-state index contributed by atoms with van der Waals surface area (Å²) in [6, 6.07) is 9.71. The second-order valence-electron chi connectivity index (χ2n) is 5.69. The van der Waals surface area contributed by atoms with Crippen LogP contribution in [0.1, 0.15) is 11.7 Å². The normalized spacial score (nSPS) is 25.0. The van der Waals surface area contributed by atoms with Gasteiger partial charge in [0.05, 0.1) is 30.7 Å². The highest BCUT2D eigenvalue weighted by Gasteiger charge is 2.43. The Labute approximate surface area is 128 Å². The first kappa shape index (κ1) is 13.9. The topological polar surface area (TPSA) is 77.3 Å². The number of nitrogens with zero attached hydrogens (tertiary/aromatic N) is 4.